The fourth-order valence-electron chi connectivity index (χ4n) is 4.05. The van der Waals surface area contributed by atoms with Gasteiger partial charge in [-0.1, -0.05) is 29.8 Å². The van der Waals surface area contributed by atoms with Gasteiger partial charge in [0, 0.05) is 4.88 Å². The maximum absolute atomic E-state index is 13.7. The van der Waals surface area contributed by atoms with E-state index in [1.54, 1.807) is 4.90 Å². The van der Waals surface area contributed by atoms with E-state index in [1.807, 2.05) is 71.0 Å². The average Bonchev–Trinajstić information content (AvgIpc) is 3.21. The van der Waals surface area contributed by atoms with E-state index >= 15 is 0 Å². The Morgan fingerprint density at radius 2 is 1.65 bits per heavy atom. The third-order valence-corrected chi connectivity index (χ3v) is 7.18. The number of aromatic nitrogens is 1. The van der Waals surface area contributed by atoms with Crippen molar-refractivity contribution in [3.8, 4) is 0 Å². The van der Waals surface area contributed by atoms with Gasteiger partial charge >= 0.3 is 0 Å². The van der Waals surface area contributed by atoms with Crippen molar-refractivity contribution in [3.63, 3.8) is 0 Å². The standard InChI is InChI=1S/C25H22N2O3S/c1-12-6-8-17(9-7-12)21-20-22(28)18-10-13(2)14(3)11-19(18)30-23(20)24(29)27(21)25-26-15(4)16(5)31-25/h6-11,21H,1-5H3. The van der Waals surface area contributed by atoms with Gasteiger partial charge in [-0.3, -0.25) is 14.5 Å². The normalized spacial score (nSPS) is 15.7. The van der Waals surface area contributed by atoms with Crippen molar-refractivity contribution in [2.24, 2.45) is 0 Å². The van der Waals surface area contributed by atoms with Crippen LogP contribution in [0.5, 0.6) is 0 Å². The van der Waals surface area contributed by atoms with Gasteiger partial charge < -0.3 is 4.42 Å². The molecular weight excluding hydrogens is 408 g/mol. The van der Waals surface area contributed by atoms with Crippen LogP contribution in [0.15, 0.2) is 45.6 Å². The van der Waals surface area contributed by atoms with Gasteiger partial charge in [0.2, 0.25) is 5.76 Å². The van der Waals surface area contributed by atoms with Gasteiger partial charge in [0.25, 0.3) is 5.91 Å². The van der Waals surface area contributed by atoms with Crippen LogP contribution in [-0.2, 0) is 0 Å². The molecule has 0 saturated carbocycles. The lowest BCUT2D eigenvalue weighted by molar-refractivity contribution is 0.0971. The average molecular weight is 431 g/mol. The van der Waals surface area contributed by atoms with E-state index in [1.165, 1.54) is 11.3 Å². The van der Waals surface area contributed by atoms with E-state index in [4.69, 9.17) is 4.42 Å². The molecule has 0 saturated heterocycles. The molecule has 2 aromatic carbocycles. The van der Waals surface area contributed by atoms with Crippen molar-refractivity contribution in [2.45, 2.75) is 40.7 Å². The number of nitrogens with zero attached hydrogens (tertiary/aromatic N) is 2. The quantitative estimate of drug-likeness (QED) is 0.419. The molecule has 6 heteroatoms. The number of carbonyl (C=O) groups excluding carboxylic acids is 1. The Labute approximate surface area is 184 Å². The highest BCUT2D eigenvalue weighted by Crippen LogP contribution is 2.43. The maximum Gasteiger partial charge on any atom is 0.297 e. The first-order valence-corrected chi connectivity index (χ1v) is 11.0. The highest BCUT2D eigenvalue weighted by molar-refractivity contribution is 7.15. The zero-order valence-electron chi connectivity index (χ0n) is 18.1. The molecule has 1 aliphatic heterocycles. The van der Waals surface area contributed by atoms with Crippen LogP contribution in [0.4, 0.5) is 5.13 Å². The number of fused-ring (bicyclic) bond motifs is 2. The molecule has 1 atom stereocenters. The molecule has 0 radical (unpaired) electrons. The monoisotopic (exact) mass is 430 g/mol. The second kappa shape index (κ2) is 6.89. The molecule has 4 aromatic rings. The summed E-state index contributed by atoms with van der Waals surface area (Å²) in [5.74, 6) is -0.219. The van der Waals surface area contributed by atoms with E-state index in [0.717, 1.165) is 32.8 Å². The number of thiazole rings is 1. The van der Waals surface area contributed by atoms with E-state index in [9.17, 15) is 9.59 Å². The van der Waals surface area contributed by atoms with Crippen LogP contribution >= 0.6 is 11.3 Å². The fraction of sp³-hybridized carbons (Fsp3) is 0.240. The number of benzene rings is 2. The van der Waals surface area contributed by atoms with Crippen molar-refractivity contribution in [1.82, 2.24) is 4.98 Å². The highest BCUT2D eigenvalue weighted by Gasteiger charge is 2.45. The first-order chi connectivity index (χ1) is 14.8. The molecule has 156 valence electrons. The minimum atomic E-state index is -0.574. The lowest BCUT2D eigenvalue weighted by Crippen LogP contribution is -2.29. The van der Waals surface area contributed by atoms with Crippen LogP contribution in [0.1, 0.15) is 55.0 Å². The largest absolute Gasteiger partial charge is 0.450 e. The van der Waals surface area contributed by atoms with Crippen LogP contribution in [0.3, 0.4) is 0 Å². The summed E-state index contributed by atoms with van der Waals surface area (Å²) in [5, 5.41) is 1.08. The predicted molar refractivity (Wildman–Crippen MR) is 123 cm³/mol. The van der Waals surface area contributed by atoms with Gasteiger partial charge in [-0.25, -0.2) is 4.98 Å². The van der Waals surface area contributed by atoms with Crippen LogP contribution in [0.2, 0.25) is 0 Å². The van der Waals surface area contributed by atoms with Crippen molar-refractivity contribution in [1.29, 1.82) is 0 Å². The SMILES string of the molecule is Cc1ccc(C2c3c(oc4cc(C)c(C)cc4c3=O)C(=O)N2c2nc(C)c(C)s2)cc1. The Bertz CT molecular complexity index is 1410. The Kier molecular flexibility index (Phi) is 4.38. The molecule has 3 heterocycles. The second-order valence-corrected chi connectivity index (χ2v) is 9.41. The topological polar surface area (TPSA) is 63.4 Å². The molecule has 2 aromatic heterocycles. The molecular formula is C25H22N2O3S. The number of aryl methyl sites for hydroxylation is 5. The van der Waals surface area contributed by atoms with Crippen LogP contribution in [-0.4, -0.2) is 10.9 Å². The number of hydrogen-bond donors (Lipinski definition) is 0. The molecule has 1 aliphatic rings. The molecule has 0 bridgehead atoms. The van der Waals surface area contributed by atoms with Gasteiger partial charge in [-0.15, -0.1) is 11.3 Å². The Morgan fingerprint density at radius 3 is 2.29 bits per heavy atom. The third kappa shape index (κ3) is 2.93. The number of carbonyl (C=O) groups is 1. The van der Waals surface area contributed by atoms with Crippen molar-refractivity contribution >= 4 is 33.3 Å². The van der Waals surface area contributed by atoms with E-state index in [0.29, 0.717) is 21.7 Å². The van der Waals surface area contributed by atoms with Gasteiger partial charge in [-0.2, -0.15) is 0 Å². The summed E-state index contributed by atoms with van der Waals surface area (Å²) in [6, 6.07) is 11.0. The van der Waals surface area contributed by atoms with Gasteiger partial charge in [0.05, 0.1) is 22.7 Å². The lowest BCUT2D eigenvalue weighted by Gasteiger charge is -2.22. The lowest BCUT2D eigenvalue weighted by atomic mass is 9.97. The maximum atomic E-state index is 13.7. The Morgan fingerprint density at radius 1 is 0.968 bits per heavy atom. The molecule has 31 heavy (non-hydrogen) atoms. The molecule has 1 amide bonds. The number of rotatable bonds is 2. The molecule has 0 spiro atoms. The molecule has 5 rings (SSSR count). The Hall–Kier alpha value is -3.25. The smallest absolute Gasteiger partial charge is 0.297 e. The van der Waals surface area contributed by atoms with Crippen molar-refractivity contribution < 1.29 is 9.21 Å². The first-order valence-electron chi connectivity index (χ1n) is 10.2. The van der Waals surface area contributed by atoms with Gasteiger partial charge in [0.15, 0.2) is 10.6 Å². The van der Waals surface area contributed by atoms with Crippen molar-refractivity contribution in [3.05, 3.63) is 90.8 Å². The summed E-state index contributed by atoms with van der Waals surface area (Å²) in [4.78, 5) is 34.5. The van der Waals surface area contributed by atoms with E-state index in [2.05, 4.69) is 4.98 Å². The minimum absolute atomic E-state index is 0.108. The fourth-order valence-corrected chi connectivity index (χ4v) is 4.98. The number of amides is 1. The summed E-state index contributed by atoms with van der Waals surface area (Å²) < 4.78 is 6.08. The summed E-state index contributed by atoms with van der Waals surface area (Å²) in [7, 11) is 0. The van der Waals surface area contributed by atoms with E-state index < -0.39 is 6.04 Å². The predicted octanol–water partition coefficient (Wildman–Crippen LogP) is 5.54. The number of anilines is 1. The first kappa shape index (κ1) is 19.7. The third-order valence-electron chi connectivity index (χ3n) is 6.10. The highest BCUT2D eigenvalue weighted by atomic mass is 32.1. The molecule has 0 fully saturated rings. The van der Waals surface area contributed by atoms with Gasteiger partial charge in [-0.05, 0) is 63.4 Å². The molecule has 0 N–H and O–H groups in total. The molecule has 0 aliphatic carbocycles. The van der Waals surface area contributed by atoms with E-state index in [-0.39, 0.29) is 17.1 Å². The van der Waals surface area contributed by atoms with Crippen LogP contribution in [0.25, 0.3) is 11.0 Å². The Balaban J connectivity index is 1.83. The summed E-state index contributed by atoms with van der Waals surface area (Å²) in [6.07, 6.45) is 0. The van der Waals surface area contributed by atoms with Gasteiger partial charge in [0.1, 0.15) is 5.58 Å². The zero-order chi connectivity index (χ0) is 22.0. The zero-order valence-corrected chi connectivity index (χ0v) is 18.9. The van der Waals surface area contributed by atoms with Crippen LogP contribution in [0, 0.1) is 34.6 Å². The number of hydrogen-bond acceptors (Lipinski definition) is 5. The second-order valence-electron chi connectivity index (χ2n) is 8.23. The summed E-state index contributed by atoms with van der Waals surface area (Å²) in [6.45, 7) is 9.85. The molecule has 1 unspecified atom stereocenters. The van der Waals surface area contributed by atoms with Crippen molar-refractivity contribution in [2.75, 3.05) is 4.90 Å². The summed E-state index contributed by atoms with van der Waals surface area (Å²) >= 11 is 1.45. The summed E-state index contributed by atoms with van der Waals surface area (Å²) in [5.41, 5.74) is 5.54. The molecule has 5 nitrogen and oxygen atoms in total. The minimum Gasteiger partial charge on any atom is -0.450 e. The van der Waals surface area contributed by atoms with Crippen LogP contribution < -0.4 is 10.3 Å².